The van der Waals surface area contributed by atoms with E-state index in [0.29, 0.717) is 22.3 Å². The van der Waals surface area contributed by atoms with Gasteiger partial charge in [0.15, 0.2) is 17.4 Å². The van der Waals surface area contributed by atoms with Crippen molar-refractivity contribution in [1.29, 1.82) is 0 Å². The zero-order chi connectivity index (χ0) is 20.5. The number of aromatic hydroxyl groups is 1. The molecule has 0 aliphatic rings. The van der Waals surface area contributed by atoms with Gasteiger partial charge in [0.25, 0.3) is 0 Å². The quantitative estimate of drug-likeness (QED) is 0.456. The van der Waals surface area contributed by atoms with Crippen LogP contribution in [-0.4, -0.2) is 25.3 Å². The Morgan fingerprint density at radius 3 is 2.76 bits per heavy atom. The van der Waals surface area contributed by atoms with E-state index in [1.54, 1.807) is 24.4 Å². The summed E-state index contributed by atoms with van der Waals surface area (Å²) in [6, 6.07) is 4.09. The summed E-state index contributed by atoms with van der Waals surface area (Å²) in [6.07, 6.45) is 1.53. The molecule has 0 saturated carbocycles. The number of hydrogen-bond donors (Lipinski definition) is 1. The van der Waals surface area contributed by atoms with Gasteiger partial charge in [-0.15, -0.1) is 27.8 Å². The smallest absolute Gasteiger partial charge is 0.233 e. The number of ether oxygens (including phenoxy) is 1. The van der Waals surface area contributed by atoms with Crippen LogP contribution in [0.2, 0.25) is 0 Å². The summed E-state index contributed by atoms with van der Waals surface area (Å²) >= 11 is 2.36. The zero-order valence-corrected chi connectivity index (χ0v) is 16.3. The average Bonchev–Trinajstić information content (AvgIpc) is 3.35. The summed E-state index contributed by atoms with van der Waals surface area (Å²) in [6.45, 7) is 1.97. The number of aromatic nitrogens is 4. The first-order chi connectivity index (χ1) is 13.9. The lowest BCUT2D eigenvalue weighted by atomic mass is 10.2. The number of nitrogens with zero attached hydrogens (tertiary/aromatic N) is 4. The Balaban J connectivity index is 1.60. The number of thiazole rings is 2. The molecule has 0 saturated heterocycles. The first-order valence-corrected chi connectivity index (χ1v) is 9.83. The van der Waals surface area contributed by atoms with Crippen LogP contribution in [0.4, 0.5) is 13.2 Å². The molecule has 1 aromatic carbocycles. The Bertz CT molecular complexity index is 1180. The average molecular weight is 436 g/mol. The van der Waals surface area contributed by atoms with Crippen LogP contribution in [0.15, 0.2) is 29.8 Å². The second-order valence-corrected chi connectivity index (χ2v) is 7.73. The van der Waals surface area contributed by atoms with Crippen molar-refractivity contribution >= 4 is 22.7 Å². The van der Waals surface area contributed by atoms with Gasteiger partial charge in [0, 0.05) is 17.6 Å². The zero-order valence-electron chi connectivity index (χ0n) is 14.7. The minimum absolute atomic E-state index is 0.0838. The van der Waals surface area contributed by atoms with Gasteiger partial charge in [-0.2, -0.15) is 9.49 Å². The van der Waals surface area contributed by atoms with E-state index in [4.69, 9.17) is 4.74 Å². The van der Waals surface area contributed by atoms with Crippen LogP contribution in [0, 0.1) is 24.4 Å². The van der Waals surface area contributed by atoms with Gasteiger partial charge >= 0.3 is 0 Å². The van der Waals surface area contributed by atoms with Gasteiger partial charge in [-0.25, -0.2) is 18.7 Å². The maximum atomic E-state index is 14.1. The standard InChI is InChI=1S/C18H11F3N4O2S2/c1-8-17(29-13(23-8)6-27-12-3-2-4-22-25-12)11-7-28-18(24-11)9-5-10(19)16(26)15(21)14(9)20/h2-5,7,26H,6H2,1H3. The van der Waals surface area contributed by atoms with Gasteiger partial charge in [0.1, 0.15) is 16.6 Å². The highest BCUT2D eigenvalue weighted by atomic mass is 32.1. The summed E-state index contributed by atoms with van der Waals surface area (Å²) in [5.74, 6) is -5.25. The monoisotopic (exact) mass is 436 g/mol. The first-order valence-electron chi connectivity index (χ1n) is 8.13. The van der Waals surface area contributed by atoms with Crippen LogP contribution in [0.25, 0.3) is 21.1 Å². The van der Waals surface area contributed by atoms with E-state index in [2.05, 4.69) is 20.2 Å². The maximum Gasteiger partial charge on any atom is 0.233 e. The molecule has 0 bridgehead atoms. The topological polar surface area (TPSA) is 81.0 Å². The molecule has 0 aliphatic heterocycles. The SMILES string of the molecule is Cc1nc(COc2cccnn2)sc1-c1csc(-c2cc(F)c(O)c(F)c2F)n1. The predicted molar refractivity (Wildman–Crippen MR) is 101 cm³/mol. The van der Waals surface area contributed by atoms with Crippen molar-refractivity contribution in [3.8, 4) is 32.8 Å². The predicted octanol–water partition coefficient (Wildman–Crippen LogP) is 4.73. The highest BCUT2D eigenvalue weighted by molar-refractivity contribution is 7.16. The van der Waals surface area contributed by atoms with E-state index in [-0.39, 0.29) is 17.2 Å². The number of aryl methyl sites for hydroxylation is 1. The van der Waals surface area contributed by atoms with E-state index in [0.717, 1.165) is 22.3 Å². The summed E-state index contributed by atoms with van der Waals surface area (Å²) in [5.41, 5.74) is 0.828. The maximum absolute atomic E-state index is 14.1. The molecule has 0 fully saturated rings. The molecular formula is C18H11F3N4O2S2. The molecule has 148 valence electrons. The molecule has 29 heavy (non-hydrogen) atoms. The molecule has 4 rings (SSSR count). The fourth-order valence-corrected chi connectivity index (χ4v) is 4.33. The Kier molecular flexibility index (Phi) is 5.16. The van der Waals surface area contributed by atoms with E-state index < -0.39 is 23.2 Å². The highest BCUT2D eigenvalue weighted by Gasteiger charge is 2.22. The Labute approximate surface area is 170 Å². The van der Waals surface area contributed by atoms with Gasteiger partial charge in [-0.05, 0) is 19.1 Å². The first kappa shape index (κ1) is 19.3. The van der Waals surface area contributed by atoms with Crippen LogP contribution in [-0.2, 0) is 6.61 Å². The van der Waals surface area contributed by atoms with Crippen molar-refractivity contribution in [3.05, 3.63) is 57.9 Å². The van der Waals surface area contributed by atoms with Crippen LogP contribution >= 0.6 is 22.7 Å². The normalized spacial score (nSPS) is 11.0. The minimum Gasteiger partial charge on any atom is -0.503 e. The Morgan fingerprint density at radius 1 is 1.17 bits per heavy atom. The van der Waals surface area contributed by atoms with Crippen LogP contribution in [0.5, 0.6) is 11.6 Å². The van der Waals surface area contributed by atoms with Crippen LogP contribution in [0.1, 0.15) is 10.7 Å². The van der Waals surface area contributed by atoms with E-state index >= 15 is 0 Å². The molecule has 3 heterocycles. The Hall–Kier alpha value is -3.05. The van der Waals surface area contributed by atoms with Crippen molar-refractivity contribution in [2.75, 3.05) is 0 Å². The van der Waals surface area contributed by atoms with E-state index in [1.165, 1.54) is 17.5 Å². The number of halogens is 3. The van der Waals surface area contributed by atoms with Crippen molar-refractivity contribution < 1.29 is 23.0 Å². The van der Waals surface area contributed by atoms with Gasteiger partial charge < -0.3 is 9.84 Å². The van der Waals surface area contributed by atoms with Crippen molar-refractivity contribution in [1.82, 2.24) is 20.2 Å². The van der Waals surface area contributed by atoms with Crippen molar-refractivity contribution in [3.63, 3.8) is 0 Å². The molecule has 3 aromatic heterocycles. The summed E-state index contributed by atoms with van der Waals surface area (Å²) in [5, 5.41) is 19.1. The molecule has 0 radical (unpaired) electrons. The van der Waals surface area contributed by atoms with Gasteiger partial charge in [-0.3, -0.25) is 0 Å². The van der Waals surface area contributed by atoms with Gasteiger partial charge in [0.05, 0.1) is 21.8 Å². The molecular weight excluding hydrogens is 425 g/mol. The third kappa shape index (κ3) is 3.78. The Morgan fingerprint density at radius 2 is 2.00 bits per heavy atom. The number of benzene rings is 1. The third-order valence-corrected chi connectivity index (χ3v) is 5.86. The van der Waals surface area contributed by atoms with E-state index in [9.17, 15) is 18.3 Å². The molecule has 6 nitrogen and oxygen atoms in total. The number of phenolic OH excluding ortho intramolecular Hbond substituents is 1. The molecule has 0 spiro atoms. The molecule has 0 unspecified atom stereocenters. The number of rotatable bonds is 5. The lowest BCUT2D eigenvalue weighted by Gasteiger charge is -2.03. The lowest BCUT2D eigenvalue weighted by molar-refractivity contribution is 0.289. The second kappa shape index (κ2) is 7.76. The number of hydrogen-bond acceptors (Lipinski definition) is 8. The summed E-state index contributed by atoms with van der Waals surface area (Å²) < 4.78 is 46.9. The second-order valence-electron chi connectivity index (χ2n) is 5.79. The largest absolute Gasteiger partial charge is 0.503 e. The van der Waals surface area contributed by atoms with Crippen LogP contribution in [0.3, 0.4) is 0 Å². The van der Waals surface area contributed by atoms with Gasteiger partial charge in [0.2, 0.25) is 11.7 Å². The van der Waals surface area contributed by atoms with Gasteiger partial charge in [-0.1, -0.05) is 0 Å². The number of phenols is 1. The van der Waals surface area contributed by atoms with Crippen molar-refractivity contribution in [2.24, 2.45) is 0 Å². The third-order valence-electron chi connectivity index (χ3n) is 3.83. The molecule has 0 aliphatic carbocycles. The van der Waals surface area contributed by atoms with E-state index in [1.807, 2.05) is 0 Å². The fraction of sp³-hybridized carbons (Fsp3) is 0.111. The van der Waals surface area contributed by atoms with Crippen LogP contribution < -0.4 is 4.74 Å². The van der Waals surface area contributed by atoms with Crippen molar-refractivity contribution in [2.45, 2.75) is 13.5 Å². The molecule has 0 atom stereocenters. The highest BCUT2D eigenvalue weighted by Crippen LogP contribution is 2.37. The molecule has 1 N–H and O–H groups in total. The molecule has 4 aromatic rings. The summed E-state index contributed by atoms with van der Waals surface area (Å²) in [4.78, 5) is 9.44. The molecule has 11 heteroatoms. The fourth-order valence-electron chi connectivity index (χ4n) is 2.49. The minimum atomic E-state index is -1.64. The summed E-state index contributed by atoms with van der Waals surface area (Å²) in [7, 11) is 0. The molecule has 0 amide bonds. The lowest BCUT2D eigenvalue weighted by Crippen LogP contribution is -1.97.